The number of halogens is 2. The predicted molar refractivity (Wildman–Crippen MR) is 82.3 cm³/mol. The highest BCUT2D eigenvalue weighted by Crippen LogP contribution is 2.30. The van der Waals surface area contributed by atoms with Gasteiger partial charge >= 0.3 is 0 Å². The zero-order valence-corrected chi connectivity index (χ0v) is 13.3. The Hall–Kier alpha value is -1.80. The summed E-state index contributed by atoms with van der Waals surface area (Å²) in [5, 5.41) is 0. The van der Waals surface area contributed by atoms with E-state index in [1.165, 1.54) is 31.4 Å². The van der Waals surface area contributed by atoms with Gasteiger partial charge in [-0.1, -0.05) is 6.07 Å². The molecule has 2 aromatic rings. The van der Waals surface area contributed by atoms with Crippen LogP contribution in [0.3, 0.4) is 0 Å². The van der Waals surface area contributed by atoms with E-state index in [0.29, 0.717) is 10.2 Å². The molecule has 0 unspecified atom stereocenters. The molecule has 0 saturated heterocycles. The number of anilines is 2. The molecule has 0 heterocycles. The number of nitrogens with two attached hydrogens (primary N) is 1. The van der Waals surface area contributed by atoms with Crippen LogP contribution in [-0.2, 0) is 10.0 Å². The number of benzene rings is 2. The van der Waals surface area contributed by atoms with E-state index < -0.39 is 20.7 Å². The molecule has 0 aromatic heterocycles. The van der Waals surface area contributed by atoms with Crippen LogP contribution in [-0.4, -0.2) is 15.5 Å². The van der Waals surface area contributed by atoms with Crippen LogP contribution in [0.15, 0.2) is 45.8 Å². The molecule has 0 radical (unpaired) electrons. The number of nitrogens with one attached hydrogen (secondary N) is 1. The highest BCUT2D eigenvalue weighted by molar-refractivity contribution is 9.10. The maximum absolute atomic E-state index is 13.7. The van der Waals surface area contributed by atoms with Gasteiger partial charge in [0, 0.05) is 6.07 Å². The highest BCUT2D eigenvalue weighted by Gasteiger charge is 2.22. The van der Waals surface area contributed by atoms with Crippen molar-refractivity contribution in [3.63, 3.8) is 0 Å². The van der Waals surface area contributed by atoms with E-state index in [-0.39, 0.29) is 11.4 Å². The number of nitrogen functional groups attached to an aromatic ring is 1. The average molecular weight is 375 g/mol. The largest absolute Gasteiger partial charge is 0.495 e. The molecule has 3 N–H and O–H groups in total. The molecule has 8 heteroatoms. The van der Waals surface area contributed by atoms with Gasteiger partial charge in [-0.3, -0.25) is 4.72 Å². The van der Waals surface area contributed by atoms with Crippen molar-refractivity contribution < 1.29 is 17.5 Å². The molecule has 0 spiro atoms. The average Bonchev–Trinajstić information content (AvgIpc) is 2.40. The van der Waals surface area contributed by atoms with Crippen LogP contribution >= 0.6 is 15.9 Å². The van der Waals surface area contributed by atoms with E-state index in [1.54, 1.807) is 6.07 Å². The summed E-state index contributed by atoms with van der Waals surface area (Å²) < 4.78 is 46.2. The molecule has 112 valence electrons. The first-order valence-electron chi connectivity index (χ1n) is 5.75. The lowest BCUT2D eigenvalue weighted by Gasteiger charge is -2.12. The van der Waals surface area contributed by atoms with Gasteiger partial charge in [0.15, 0.2) is 0 Å². The minimum atomic E-state index is -4.13. The van der Waals surface area contributed by atoms with E-state index >= 15 is 0 Å². The standard InChI is InChI=1S/C13H12BrFN2O3S/c1-20-12-7-8(5-6-9(12)14)17-21(18,19)13-10(15)3-2-4-11(13)16/h2-7,17H,16H2,1H3. The Bertz CT molecular complexity index is 761. The van der Waals surface area contributed by atoms with Crippen molar-refractivity contribution in [2.45, 2.75) is 4.90 Å². The maximum Gasteiger partial charge on any atom is 0.266 e. The minimum Gasteiger partial charge on any atom is -0.495 e. The van der Waals surface area contributed by atoms with Crippen molar-refractivity contribution in [2.75, 3.05) is 17.6 Å². The summed E-state index contributed by atoms with van der Waals surface area (Å²) in [4.78, 5) is -0.577. The van der Waals surface area contributed by atoms with Crippen molar-refractivity contribution in [1.82, 2.24) is 0 Å². The van der Waals surface area contributed by atoms with E-state index in [2.05, 4.69) is 20.7 Å². The van der Waals surface area contributed by atoms with Gasteiger partial charge in [-0.05, 0) is 40.2 Å². The molecule has 0 bridgehead atoms. The Kier molecular flexibility index (Phi) is 4.38. The zero-order chi connectivity index (χ0) is 15.6. The van der Waals surface area contributed by atoms with Crippen molar-refractivity contribution in [1.29, 1.82) is 0 Å². The number of methoxy groups -OCH3 is 1. The molecule has 0 aliphatic heterocycles. The van der Waals surface area contributed by atoms with Crippen molar-refractivity contribution in [3.8, 4) is 5.75 Å². The van der Waals surface area contributed by atoms with Crippen LogP contribution in [0.1, 0.15) is 0 Å². The van der Waals surface area contributed by atoms with Gasteiger partial charge in [0.1, 0.15) is 16.5 Å². The molecule has 0 fully saturated rings. The van der Waals surface area contributed by atoms with Gasteiger partial charge in [0.2, 0.25) is 0 Å². The summed E-state index contributed by atoms with van der Waals surface area (Å²) in [5.74, 6) is -0.469. The molecule has 5 nitrogen and oxygen atoms in total. The van der Waals surface area contributed by atoms with Crippen LogP contribution < -0.4 is 15.2 Å². The van der Waals surface area contributed by atoms with Gasteiger partial charge in [-0.2, -0.15) is 0 Å². The van der Waals surface area contributed by atoms with E-state index in [1.807, 2.05) is 0 Å². The Morgan fingerprint density at radius 2 is 2.00 bits per heavy atom. The summed E-state index contributed by atoms with van der Waals surface area (Å²) in [6.45, 7) is 0. The molecule has 0 atom stereocenters. The number of sulfonamides is 1. The van der Waals surface area contributed by atoms with Crippen LogP contribution in [0.4, 0.5) is 15.8 Å². The molecule has 0 saturated carbocycles. The number of hydrogen-bond donors (Lipinski definition) is 2. The Balaban J connectivity index is 2.43. The molecule has 0 amide bonds. The quantitative estimate of drug-likeness (QED) is 0.806. The second kappa shape index (κ2) is 5.90. The molecule has 21 heavy (non-hydrogen) atoms. The topological polar surface area (TPSA) is 81.4 Å². The van der Waals surface area contributed by atoms with Crippen molar-refractivity contribution in [3.05, 3.63) is 46.7 Å². The third kappa shape index (κ3) is 3.27. The third-order valence-electron chi connectivity index (χ3n) is 2.67. The number of hydrogen-bond acceptors (Lipinski definition) is 4. The lowest BCUT2D eigenvalue weighted by Crippen LogP contribution is -2.16. The van der Waals surface area contributed by atoms with Gasteiger partial charge < -0.3 is 10.5 Å². The first kappa shape index (κ1) is 15.6. The zero-order valence-electron chi connectivity index (χ0n) is 10.9. The molecule has 2 aromatic carbocycles. The number of ether oxygens (including phenoxy) is 1. The minimum absolute atomic E-state index is 0.161. The Labute approximate surface area is 130 Å². The Morgan fingerprint density at radius 1 is 1.29 bits per heavy atom. The highest BCUT2D eigenvalue weighted by atomic mass is 79.9. The predicted octanol–water partition coefficient (Wildman–Crippen LogP) is 2.98. The van der Waals surface area contributed by atoms with E-state index in [9.17, 15) is 12.8 Å². The van der Waals surface area contributed by atoms with Gasteiger partial charge in [-0.25, -0.2) is 12.8 Å². The van der Waals surface area contributed by atoms with Gasteiger partial charge in [0.25, 0.3) is 10.0 Å². The SMILES string of the molecule is COc1cc(NS(=O)(=O)c2c(N)cccc2F)ccc1Br. The van der Waals surface area contributed by atoms with E-state index in [0.717, 1.165) is 6.07 Å². The fourth-order valence-electron chi connectivity index (χ4n) is 1.74. The lowest BCUT2D eigenvalue weighted by atomic mass is 10.3. The molecule has 0 aliphatic carbocycles. The summed E-state index contributed by atoms with van der Waals surface area (Å²) >= 11 is 3.26. The first-order valence-corrected chi connectivity index (χ1v) is 8.03. The summed E-state index contributed by atoms with van der Waals surface area (Å²) in [6, 6.07) is 8.29. The van der Waals surface area contributed by atoms with Gasteiger partial charge in [0.05, 0.1) is 23.0 Å². The monoisotopic (exact) mass is 374 g/mol. The summed E-state index contributed by atoms with van der Waals surface area (Å²) in [7, 11) is -2.68. The summed E-state index contributed by atoms with van der Waals surface area (Å²) in [6.07, 6.45) is 0. The fourth-order valence-corrected chi connectivity index (χ4v) is 3.39. The van der Waals surface area contributed by atoms with Gasteiger partial charge in [-0.15, -0.1) is 0 Å². The van der Waals surface area contributed by atoms with Crippen LogP contribution in [0.5, 0.6) is 5.75 Å². The van der Waals surface area contributed by atoms with Crippen molar-refractivity contribution in [2.24, 2.45) is 0 Å². The first-order chi connectivity index (χ1) is 9.85. The van der Waals surface area contributed by atoms with Crippen molar-refractivity contribution >= 4 is 37.3 Å². The Morgan fingerprint density at radius 3 is 2.62 bits per heavy atom. The van der Waals surface area contributed by atoms with Crippen LogP contribution in [0.2, 0.25) is 0 Å². The number of rotatable bonds is 4. The van der Waals surface area contributed by atoms with Crippen LogP contribution in [0.25, 0.3) is 0 Å². The second-order valence-corrected chi connectivity index (χ2v) is 6.59. The lowest BCUT2D eigenvalue weighted by molar-refractivity contribution is 0.412. The van der Waals surface area contributed by atoms with Crippen LogP contribution in [0, 0.1) is 5.82 Å². The van der Waals surface area contributed by atoms with E-state index in [4.69, 9.17) is 10.5 Å². The molecule has 0 aliphatic rings. The third-order valence-corrected chi connectivity index (χ3v) is 4.80. The second-order valence-electron chi connectivity index (χ2n) is 4.11. The molecular weight excluding hydrogens is 363 g/mol. The fraction of sp³-hybridized carbons (Fsp3) is 0.0769. The maximum atomic E-state index is 13.7. The smallest absolute Gasteiger partial charge is 0.266 e. The molecule has 2 rings (SSSR count). The normalized spacial score (nSPS) is 11.2. The molecular formula is C13H12BrFN2O3S. The summed E-state index contributed by atoms with van der Waals surface area (Å²) in [5.41, 5.74) is 5.62.